The summed E-state index contributed by atoms with van der Waals surface area (Å²) < 4.78 is 29.6. The van der Waals surface area contributed by atoms with E-state index in [4.69, 9.17) is 16.7 Å². The molecule has 0 aliphatic heterocycles. The van der Waals surface area contributed by atoms with Gasteiger partial charge in [-0.05, 0) is 60.7 Å². The number of carboxylic acids is 1. The number of rotatable bonds is 5. The van der Waals surface area contributed by atoms with Crippen molar-refractivity contribution in [2.75, 3.05) is 4.72 Å². The summed E-state index contributed by atoms with van der Waals surface area (Å²) in [6, 6.07) is 9.93. The van der Waals surface area contributed by atoms with Crippen molar-refractivity contribution < 1.29 is 18.3 Å². The van der Waals surface area contributed by atoms with Crippen LogP contribution in [-0.4, -0.2) is 24.1 Å². The Morgan fingerprint density at radius 1 is 1.15 bits per heavy atom. The van der Waals surface area contributed by atoms with Crippen LogP contribution in [0.25, 0.3) is 10.9 Å². The number of fused-ring (bicyclic) bond motifs is 1. The maximum Gasteiger partial charge on any atom is 0.323 e. The predicted octanol–water partition coefficient (Wildman–Crippen LogP) is 3.80. The van der Waals surface area contributed by atoms with Crippen LogP contribution in [0.15, 0.2) is 47.5 Å². The lowest BCUT2D eigenvalue weighted by Crippen LogP contribution is -2.15. The number of carbonyl (C=O) groups is 1. The van der Waals surface area contributed by atoms with Crippen LogP contribution in [0.5, 0.6) is 0 Å². The van der Waals surface area contributed by atoms with Crippen LogP contribution in [-0.2, 0) is 21.4 Å². The second-order valence-electron chi connectivity index (χ2n) is 6.08. The van der Waals surface area contributed by atoms with Crippen LogP contribution in [0.1, 0.15) is 11.1 Å². The van der Waals surface area contributed by atoms with E-state index >= 15 is 0 Å². The number of aliphatic carboxylic acids is 1. The molecule has 26 heavy (non-hydrogen) atoms. The van der Waals surface area contributed by atoms with Gasteiger partial charge < -0.3 is 9.67 Å². The summed E-state index contributed by atoms with van der Waals surface area (Å²) in [5, 5.41) is 10.3. The van der Waals surface area contributed by atoms with Crippen LogP contribution in [0.3, 0.4) is 0 Å². The third-order valence-corrected chi connectivity index (χ3v) is 6.01. The van der Waals surface area contributed by atoms with Crippen molar-refractivity contribution in [1.29, 1.82) is 0 Å². The van der Waals surface area contributed by atoms with Gasteiger partial charge in [-0.1, -0.05) is 17.7 Å². The van der Waals surface area contributed by atoms with E-state index in [1.54, 1.807) is 54.9 Å². The highest BCUT2D eigenvalue weighted by Crippen LogP contribution is 2.27. The summed E-state index contributed by atoms with van der Waals surface area (Å²) in [4.78, 5) is 11.1. The first-order valence-corrected chi connectivity index (χ1v) is 9.64. The van der Waals surface area contributed by atoms with Gasteiger partial charge in [-0.2, -0.15) is 0 Å². The molecular formula is C18H17ClN2O4S. The van der Waals surface area contributed by atoms with Gasteiger partial charge in [0.1, 0.15) is 6.54 Å². The molecule has 6 nitrogen and oxygen atoms in total. The molecule has 1 aromatic heterocycles. The summed E-state index contributed by atoms with van der Waals surface area (Å²) in [7, 11) is -3.81. The molecule has 0 saturated heterocycles. The number of hydrogen-bond acceptors (Lipinski definition) is 3. The number of nitrogens with one attached hydrogen (secondary N) is 1. The Kier molecular flexibility index (Phi) is 4.68. The van der Waals surface area contributed by atoms with Crippen molar-refractivity contribution >= 4 is 44.2 Å². The first-order valence-electron chi connectivity index (χ1n) is 7.77. The summed E-state index contributed by atoms with van der Waals surface area (Å²) in [5.41, 5.74) is 2.21. The number of sulfonamides is 1. The Morgan fingerprint density at radius 2 is 1.88 bits per heavy atom. The van der Waals surface area contributed by atoms with Crippen LogP contribution in [0.2, 0.25) is 5.02 Å². The maximum atomic E-state index is 12.8. The molecule has 0 amide bonds. The minimum absolute atomic E-state index is 0.153. The average molecular weight is 393 g/mol. The van der Waals surface area contributed by atoms with Crippen LogP contribution < -0.4 is 4.72 Å². The zero-order valence-corrected chi connectivity index (χ0v) is 15.7. The van der Waals surface area contributed by atoms with Gasteiger partial charge in [0.2, 0.25) is 0 Å². The molecule has 1 heterocycles. The fourth-order valence-electron chi connectivity index (χ4n) is 2.79. The largest absolute Gasteiger partial charge is 0.480 e. The first-order chi connectivity index (χ1) is 12.2. The molecule has 0 bridgehead atoms. The highest BCUT2D eigenvalue weighted by atomic mass is 35.5. The van der Waals surface area contributed by atoms with Crippen molar-refractivity contribution in [2.24, 2.45) is 0 Å². The first kappa shape index (κ1) is 18.3. The monoisotopic (exact) mass is 392 g/mol. The quantitative estimate of drug-likeness (QED) is 0.691. The highest BCUT2D eigenvalue weighted by Gasteiger charge is 2.19. The smallest absolute Gasteiger partial charge is 0.323 e. The van der Waals surface area contributed by atoms with E-state index < -0.39 is 16.0 Å². The molecule has 0 spiro atoms. The van der Waals surface area contributed by atoms with E-state index in [9.17, 15) is 13.2 Å². The summed E-state index contributed by atoms with van der Waals surface area (Å²) in [6.45, 7) is 3.22. The van der Waals surface area contributed by atoms with E-state index in [-0.39, 0.29) is 11.4 Å². The number of hydrogen-bond donors (Lipinski definition) is 2. The van der Waals surface area contributed by atoms with Gasteiger partial charge in [0.05, 0.1) is 16.1 Å². The van der Waals surface area contributed by atoms with Gasteiger partial charge >= 0.3 is 5.97 Å². The lowest BCUT2D eigenvalue weighted by molar-refractivity contribution is -0.137. The number of nitrogens with zero attached hydrogens (tertiary/aromatic N) is 1. The molecule has 0 fully saturated rings. The predicted molar refractivity (Wildman–Crippen MR) is 101 cm³/mol. The number of halogens is 1. The molecule has 3 aromatic rings. The van der Waals surface area contributed by atoms with Gasteiger partial charge in [-0.3, -0.25) is 9.52 Å². The van der Waals surface area contributed by atoms with Gasteiger partial charge in [0.15, 0.2) is 0 Å². The van der Waals surface area contributed by atoms with Crippen molar-refractivity contribution in [3.05, 3.63) is 58.7 Å². The fraction of sp³-hybridized carbons (Fsp3) is 0.167. The molecule has 136 valence electrons. The summed E-state index contributed by atoms with van der Waals surface area (Å²) in [5.74, 6) is -0.972. The van der Waals surface area contributed by atoms with Crippen molar-refractivity contribution in [3.63, 3.8) is 0 Å². The normalized spacial score (nSPS) is 11.7. The molecule has 3 rings (SSSR count). The average Bonchev–Trinajstić information content (AvgIpc) is 2.92. The Bertz CT molecular complexity index is 1120. The number of benzene rings is 2. The van der Waals surface area contributed by atoms with Crippen LogP contribution in [0, 0.1) is 13.8 Å². The molecule has 0 saturated carbocycles. The van der Waals surface area contributed by atoms with E-state index in [0.717, 1.165) is 5.39 Å². The topological polar surface area (TPSA) is 88.4 Å². The standard InChI is InChI=1S/C18H17ClN2O4S/c1-11-8-17(12(2)7-15(11)19)26(24,25)20-14-4-3-13-5-6-21(10-18(22)23)16(13)9-14/h3-9,20H,10H2,1-2H3,(H,22,23). The zero-order valence-electron chi connectivity index (χ0n) is 14.2. The lowest BCUT2D eigenvalue weighted by Gasteiger charge is -2.12. The number of anilines is 1. The maximum absolute atomic E-state index is 12.8. The SMILES string of the molecule is Cc1cc(S(=O)(=O)Nc2ccc3ccn(CC(=O)O)c3c2)c(C)cc1Cl. The lowest BCUT2D eigenvalue weighted by atomic mass is 10.2. The third-order valence-electron chi connectivity index (χ3n) is 4.08. The van der Waals surface area contributed by atoms with E-state index in [1.165, 1.54) is 6.07 Å². The Balaban J connectivity index is 2.00. The number of carboxylic acid groups (broad SMARTS) is 1. The van der Waals surface area contributed by atoms with Crippen molar-refractivity contribution in [3.8, 4) is 0 Å². The molecule has 2 N–H and O–H groups in total. The van der Waals surface area contributed by atoms with Gasteiger partial charge in [-0.25, -0.2) is 8.42 Å². The number of aromatic nitrogens is 1. The van der Waals surface area contributed by atoms with E-state index in [2.05, 4.69) is 4.72 Å². The summed E-state index contributed by atoms with van der Waals surface area (Å²) >= 11 is 6.04. The van der Waals surface area contributed by atoms with Gasteiger partial charge in [0, 0.05) is 11.2 Å². The molecule has 0 atom stereocenters. The van der Waals surface area contributed by atoms with Crippen molar-refractivity contribution in [1.82, 2.24) is 4.57 Å². The van der Waals surface area contributed by atoms with Crippen LogP contribution >= 0.6 is 11.6 Å². The minimum atomic E-state index is -3.81. The van der Waals surface area contributed by atoms with Crippen LogP contribution in [0.4, 0.5) is 5.69 Å². The summed E-state index contributed by atoms with van der Waals surface area (Å²) in [6.07, 6.45) is 1.66. The molecule has 2 aromatic carbocycles. The molecular weight excluding hydrogens is 376 g/mol. The Labute approximate surface area is 156 Å². The molecule has 0 aliphatic carbocycles. The minimum Gasteiger partial charge on any atom is -0.480 e. The molecule has 0 radical (unpaired) electrons. The highest BCUT2D eigenvalue weighted by molar-refractivity contribution is 7.92. The Hall–Kier alpha value is -2.51. The second kappa shape index (κ2) is 6.66. The second-order valence-corrected chi connectivity index (χ2v) is 8.14. The van der Waals surface area contributed by atoms with Gasteiger partial charge in [-0.15, -0.1) is 0 Å². The van der Waals surface area contributed by atoms with Crippen molar-refractivity contribution in [2.45, 2.75) is 25.3 Å². The fourth-order valence-corrected chi connectivity index (χ4v) is 4.37. The van der Waals surface area contributed by atoms with E-state index in [0.29, 0.717) is 27.4 Å². The molecule has 0 unspecified atom stereocenters. The number of aryl methyl sites for hydroxylation is 2. The van der Waals surface area contributed by atoms with Gasteiger partial charge in [0.25, 0.3) is 10.0 Å². The molecule has 0 aliphatic rings. The molecule has 8 heteroatoms. The third kappa shape index (κ3) is 3.54. The zero-order chi connectivity index (χ0) is 19.1. The van der Waals surface area contributed by atoms with E-state index in [1.807, 2.05) is 0 Å². The Morgan fingerprint density at radius 3 is 2.58 bits per heavy atom.